The second kappa shape index (κ2) is 5.33. The van der Waals surface area contributed by atoms with Crippen LogP contribution in [0.3, 0.4) is 0 Å². The topological polar surface area (TPSA) is 62.2 Å². The van der Waals surface area contributed by atoms with E-state index in [0.717, 1.165) is 0 Å². The van der Waals surface area contributed by atoms with E-state index in [4.69, 9.17) is 5.11 Å². The average molecular weight is 353 g/mol. The summed E-state index contributed by atoms with van der Waals surface area (Å²) < 4.78 is 40.4. The smallest absolute Gasteiger partial charge is 0.406 e. The Labute approximate surface area is 121 Å². The van der Waals surface area contributed by atoms with Crippen molar-refractivity contribution >= 4 is 21.9 Å². The van der Waals surface area contributed by atoms with Crippen LogP contribution in [0.5, 0.6) is 0 Å². The van der Waals surface area contributed by atoms with Crippen molar-refractivity contribution in [1.82, 2.24) is 10.3 Å². The molecule has 8 heteroatoms. The van der Waals surface area contributed by atoms with Gasteiger partial charge < -0.3 is 10.4 Å². The first-order chi connectivity index (χ1) is 9.27. The molecule has 0 spiro atoms. The first-order valence-electron chi connectivity index (χ1n) is 5.88. The molecule has 110 valence electrons. The van der Waals surface area contributed by atoms with Crippen LogP contribution in [-0.4, -0.2) is 35.3 Å². The molecule has 0 amide bonds. The summed E-state index contributed by atoms with van der Waals surface area (Å²) in [6.07, 6.45) is -3.36. The van der Waals surface area contributed by atoms with Crippen LogP contribution in [0.1, 0.15) is 5.69 Å². The maximum absolute atomic E-state index is 13.2. The highest BCUT2D eigenvalue weighted by molar-refractivity contribution is 9.10. The van der Waals surface area contributed by atoms with Gasteiger partial charge in [0.25, 0.3) is 0 Å². The molecule has 2 rings (SSSR count). The lowest BCUT2D eigenvalue weighted by atomic mass is 9.75. The lowest BCUT2D eigenvalue weighted by Gasteiger charge is -2.32. The highest BCUT2D eigenvalue weighted by Gasteiger charge is 2.66. The molecule has 0 saturated carbocycles. The van der Waals surface area contributed by atoms with Crippen molar-refractivity contribution in [3.05, 3.63) is 28.5 Å². The van der Waals surface area contributed by atoms with Gasteiger partial charge in [-0.15, -0.1) is 0 Å². The van der Waals surface area contributed by atoms with E-state index in [-0.39, 0.29) is 13.0 Å². The molecule has 1 aromatic rings. The van der Waals surface area contributed by atoms with E-state index in [9.17, 15) is 18.0 Å². The van der Waals surface area contributed by atoms with Crippen molar-refractivity contribution in [2.45, 2.75) is 12.6 Å². The molecule has 1 aromatic heterocycles. The van der Waals surface area contributed by atoms with Gasteiger partial charge in [-0.25, -0.2) is 0 Å². The fraction of sp³-hybridized carbons (Fsp3) is 0.500. The number of halogens is 4. The molecule has 2 atom stereocenters. The number of nitrogens with zero attached hydrogens (tertiary/aromatic N) is 1. The van der Waals surface area contributed by atoms with Gasteiger partial charge in [-0.1, -0.05) is 0 Å². The summed E-state index contributed by atoms with van der Waals surface area (Å²) >= 11 is 3.19. The third-order valence-corrected chi connectivity index (χ3v) is 4.09. The highest BCUT2D eigenvalue weighted by Crippen LogP contribution is 2.47. The van der Waals surface area contributed by atoms with Crippen LogP contribution in [0.25, 0.3) is 0 Å². The molecule has 0 unspecified atom stereocenters. The monoisotopic (exact) mass is 352 g/mol. The van der Waals surface area contributed by atoms with E-state index in [2.05, 4.69) is 26.2 Å². The summed E-state index contributed by atoms with van der Waals surface area (Å²) in [7, 11) is 0. The van der Waals surface area contributed by atoms with E-state index >= 15 is 0 Å². The molecule has 1 aliphatic rings. The molecule has 4 nitrogen and oxygen atoms in total. The molecule has 20 heavy (non-hydrogen) atoms. The maximum Gasteiger partial charge on any atom is 0.406 e. The van der Waals surface area contributed by atoms with Crippen molar-refractivity contribution in [3.8, 4) is 0 Å². The molecule has 0 aliphatic carbocycles. The number of pyridine rings is 1. The average Bonchev–Trinajstić information content (AvgIpc) is 2.76. The van der Waals surface area contributed by atoms with Gasteiger partial charge in [0.1, 0.15) is 0 Å². The quantitative estimate of drug-likeness (QED) is 0.875. The number of aromatic nitrogens is 1. The van der Waals surface area contributed by atoms with E-state index in [1.807, 2.05) is 0 Å². The van der Waals surface area contributed by atoms with Crippen molar-refractivity contribution in [2.24, 2.45) is 11.3 Å². The summed E-state index contributed by atoms with van der Waals surface area (Å²) in [5.41, 5.74) is -2.31. The van der Waals surface area contributed by atoms with Crippen molar-refractivity contribution < 1.29 is 23.1 Å². The maximum atomic E-state index is 13.2. The molecule has 0 bridgehead atoms. The summed E-state index contributed by atoms with van der Waals surface area (Å²) in [6, 6.07) is 3.26. The molecule has 1 saturated heterocycles. The van der Waals surface area contributed by atoms with Crippen molar-refractivity contribution in [3.63, 3.8) is 0 Å². The Morgan fingerprint density at radius 3 is 2.75 bits per heavy atom. The first-order valence-corrected chi connectivity index (χ1v) is 6.68. The first kappa shape index (κ1) is 15.2. The Morgan fingerprint density at radius 1 is 1.55 bits per heavy atom. The Kier molecular flexibility index (Phi) is 4.06. The van der Waals surface area contributed by atoms with Crippen molar-refractivity contribution in [1.29, 1.82) is 0 Å². The van der Waals surface area contributed by atoms with Gasteiger partial charge in [0.2, 0.25) is 0 Å². The van der Waals surface area contributed by atoms with Crippen LogP contribution < -0.4 is 5.32 Å². The zero-order valence-corrected chi connectivity index (χ0v) is 11.8. The van der Waals surface area contributed by atoms with Crippen molar-refractivity contribution in [2.75, 3.05) is 13.1 Å². The van der Waals surface area contributed by atoms with Gasteiger partial charge in [-0.3, -0.25) is 9.78 Å². The van der Waals surface area contributed by atoms with E-state index in [0.29, 0.717) is 10.2 Å². The Hall–Kier alpha value is -1.15. The van der Waals surface area contributed by atoms with E-state index < -0.39 is 30.0 Å². The molecule has 2 N–H and O–H groups in total. The van der Waals surface area contributed by atoms with E-state index in [1.165, 1.54) is 6.20 Å². The lowest BCUT2D eigenvalue weighted by Crippen LogP contribution is -2.51. The largest absolute Gasteiger partial charge is 0.481 e. The second-order valence-corrected chi connectivity index (χ2v) is 5.69. The van der Waals surface area contributed by atoms with Gasteiger partial charge >= 0.3 is 12.1 Å². The SMILES string of the molecule is O=C(O)[C@@]1(C(F)(F)F)CNC[C@@H]1Cc1ccc(Br)cn1. The highest BCUT2D eigenvalue weighted by atomic mass is 79.9. The van der Waals surface area contributed by atoms with Gasteiger partial charge in [0.15, 0.2) is 5.41 Å². The molecule has 2 heterocycles. The van der Waals surface area contributed by atoms with Gasteiger partial charge in [0, 0.05) is 28.8 Å². The van der Waals surface area contributed by atoms with Gasteiger partial charge in [0.05, 0.1) is 0 Å². The minimum Gasteiger partial charge on any atom is -0.481 e. The van der Waals surface area contributed by atoms with E-state index in [1.54, 1.807) is 12.1 Å². The molecule has 0 radical (unpaired) electrons. The van der Waals surface area contributed by atoms with Gasteiger partial charge in [-0.2, -0.15) is 13.2 Å². The lowest BCUT2D eigenvalue weighted by molar-refractivity contribution is -0.236. The van der Waals surface area contributed by atoms with Crippen LogP contribution >= 0.6 is 15.9 Å². The Balaban J connectivity index is 2.30. The third kappa shape index (κ3) is 2.54. The number of nitrogens with one attached hydrogen (secondary N) is 1. The number of alkyl halides is 3. The third-order valence-electron chi connectivity index (χ3n) is 3.62. The standard InChI is InChI=1S/C12H12BrF3N2O2/c13-8-1-2-9(18-5-8)3-7-4-17-6-11(7,10(19)20)12(14,15)16/h1-2,5,7,17H,3-4,6H2,(H,19,20)/t7-,11+/m0/s1. The van der Waals surface area contributed by atoms with Crippen LogP contribution in [0.15, 0.2) is 22.8 Å². The summed E-state index contributed by atoms with van der Waals surface area (Å²) in [5.74, 6) is -2.91. The number of rotatable bonds is 3. The molecule has 1 fully saturated rings. The normalized spacial score (nSPS) is 26.7. The summed E-state index contributed by atoms with van der Waals surface area (Å²) in [5, 5.41) is 11.6. The molecular formula is C12H12BrF3N2O2. The van der Waals surface area contributed by atoms with Crippen LogP contribution in [0, 0.1) is 11.3 Å². The number of carboxylic acids is 1. The molecule has 0 aromatic carbocycles. The fourth-order valence-corrected chi connectivity index (χ4v) is 2.73. The number of hydrogen-bond donors (Lipinski definition) is 2. The van der Waals surface area contributed by atoms with Crippen LogP contribution in [0.4, 0.5) is 13.2 Å². The number of aliphatic carboxylic acids is 1. The molecule has 1 aliphatic heterocycles. The minimum absolute atomic E-state index is 0.00353. The summed E-state index contributed by atoms with van der Waals surface area (Å²) in [6.45, 7) is -0.601. The fourth-order valence-electron chi connectivity index (χ4n) is 2.49. The molecular weight excluding hydrogens is 341 g/mol. The predicted octanol–water partition coefficient (Wildman–Crippen LogP) is 2.24. The Morgan fingerprint density at radius 2 is 2.25 bits per heavy atom. The van der Waals surface area contributed by atoms with Crippen LogP contribution in [0.2, 0.25) is 0 Å². The predicted molar refractivity (Wildman–Crippen MR) is 68.1 cm³/mol. The van der Waals surface area contributed by atoms with Gasteiger partial charge in [-0.05, 0) is 41.0 Å². The zero-order chi connectivity index (χ0) is 15.0. The minimum atomic E-state index is -4.80. The number of hydrogen-bond acceptors (Lipinski definition) is 3. The zero-order valence-electron chi connectivity index (χ0n) is 10.2. The summed E-state index contributed by atoms with van der Waals surface area (Å²) in [4.78, 5) is 15.3. The number of carboxylic acid groups (broad SMARTS) is 1. The number of carbonyl (C=O) groups is 1. The Bertz CT molecular complexity index is 506. The second-order valence-electron chi connectivity index (χ2n) is 4.77. The van der Waals surface area contributed by atoms with Crippen LogP contribution in [-0.2, 0) is 11.2 Å².